The summed E-state index contributed by atoms with van der Waals surface area (Å²) in [5.41, 5.74) is 2.17. The van der Waals surface area contributed by atoms with Crippen LogP contribution in [-0.4, -0.2) is 16.7 Å². The molecular weight excluding hydrogens is 434 g/mol. The SMILES string of the molecule is Cc1c(OC(=O)Cc2ccc(Cl)cc2)ccc2c1O/C(=C\c1ccc([N+](=O)[O-])cc1)C2=O. The summed E-state index contributed by atoms with van der Waals surface area (Å²) < 4.78 is 11.2. The van der Waals surface area contributed by atoms with E-state index < -0.39 is 10.9 Å². The molecule has 0 radical (unpaired) electrons. The third-order valence-corrected chi connectivity index (χ3v) is 5.18. The number of ether oxygens (including phenoxy) is 2. The van der Waals surface area contributed by atoms with Crippen molar-refractivity contribution in [1.29, 1.82) is 0 Å². The summed E-state index contributed by atoms with van der Waals surface area (Å²) in [5, 5.41) is 11.4. The van der Waals surface area contributed by atoms with Crippen molar-refractivity contribution in [3.05, 3.63) is 104 Å². The number of non-ortho nitro benzene ring substituents is 1. The number of nitro groups is 1. The van der Waals surface area contributed by atoms with E-state index in [0.717, 1.165) is 5.56 Å². The van der Waals surface area contributed by atoms with E-state index >= 15 is 0 Å². The highest BCUT2D eigenvalue weighted by Gasteiger charge is 2.30. The lowest BCUT2D eigenvalue weighted by atomic mass is 10.1. The summed E-state index contributed by atoms with van der Waals surface area (Å²) in [7, 11) is 0. The fourth-order valence-corrected chi connectivity index (χ4v) is 3.38. The number of carbonyl (C=O) groups is 2. The van der Waals surface area contributed by atoms with Crippen LogP contribution in [0.2, 0.25) is 5.02 Å². The Bertz CT molecular complexity index is 1260. The van der Waals surface area contributed by atoms with Crippen molar-refractivity contribution in [1.82, 2.24) is 0 Å². The Kier molecular flexibility index (Phi) is 5.75. The number of carbonyl (C=O) groups excluding carboxylic acids is 2. The second-order valence-electron chi connectivity index (χ2n) is 7.13. The van der Waals surface area contributed by atoms with Gasteiger partial charge in [-0.1, -0.05) is 23.7 Å². The summed E-state index contributed by atoms with van der Waals surface area (Å²) >= 11 is 5.86. The maximum atomic E-state index is 12.7. The van der Waals surface area contributed by atoms with Crippen LogP contribution < -0.4 is 9.47 Å². The van der Waals surface area contributed by atoms with Crippen molar-refractivity contribution >= 4 is 35.1 Å². The molecule has 0 atom stereocenters. The summed E-state index contributed by atoms with van der Waals surface area (Å²) in [4.78, 5) is 35.3. The van der Waals surface area contributed by atoms with Gasteiger partial charge in [0.2, 0.25) is 5.78 Å². The van der Waals surface area contributed by atoms with Crippen LogP contribution in [0.4, 0.5) is 5.69 Å². The number of allylic oxidation sites excluding steroid dienone is 1. The van der Waals surface area contributed by atoms with Gasteiger partial charge < -0.3 is 9.47 Å². The highest BCUT2D eigenvalue weighted by molar-refractivity contribution is 6.30. The topological polar surface area (TPSA) is 95.7 Å². The second kappa shape index (κ2) is 8.64. The van der Waals surface area contributed by atoms with Crippen LogP contribution in [0.1, 0.15) is 27.0 Å². The molecule has 8 heteroatoms. The number of rotatable bonds is 5. The second-order valence-corrected chi connectivity index (χ2v) is 7.57. The van der Waals surface area contributed by atoms with Gasteiger partial charge in [0.05, 0.1) is 16.9 Å². The maximum Gasteiger partial charge on any atom is 0.315 e. The van der Waals surface area contributed by atoms with Crippen LogP contribution >= 0.6 is 11.6 Å². The Morgan fingerprint density at radius 1 is 1.09 bits per heavy atom. The number of nitrogens with zero attached hydrogens (tertiary/aromatic N) is 1. The molecule has 0 bridgehead atoms. The van der Waals surface area contributed by atoms with Crippen LogP contribution in [0.5, 0.6) is 11.5 Å². The standard InChI is InChI=1S/C24H16ClNO6/c1-14-20(31-22(27)13-16-2-6-17(25)7-3-16)11-10-19-23(28)21(32-24(14)19)12-15-4-8-18(9-5-15)26(29)30/h2-12H,13H2,1H3/b21-12-. The molecule has 0 saturated carbocycles. The van der Waals surface area contributed by atoms with E-state index in [9.17, 15) is 19.7 Å². The zero-order valence-electron chi connectivity index (χ0n) is 16.8. The van der Waals surface area contributed by atoms with Gasteiger partial charge in [-0.15, -0.1) is 0 Å². The molecular formula is C24H16ClNO6. The fraction of sp³-hybridized carbons (Fsp3) is 0.0833. The first-order valence-corrected chi connectivity index (χ1v) is 9.97. The molecule has 0 unspecified atom stereocenters. The van der Waals surface area contributed by atoms with Crippen LogP contribution in [0.15, 0.2) is 66.4 Å². The first kappa shape index (κ1) is 21.3. The van der Waals surface area contributed by atoms with Gasteiger partial charge in [-0.25, -0.2) is 0 Å². The Morgan fingerprint density at radius 3 is 2.44 bits per heavy atom. The molecule has 0 fully saturated rings. The average Bonchev–Trinajstić information content (AvgIpc) is 3.08. The number of halogens is 1. The van der Waals surface area contributed by atoms with Crippen LogP contribution in [-0.2, 0) is 11.2 Å². The lowest BCUT2D eigenvalue weighted by Gasteiger charge is -2.10. The zero-order chi connectivity index (χ0) is 22.8. The molecule has 1 heterocycles. The largest absolute Gasteiger partial charge is 0.452 e. The van der Waals surface area contributed by atoms with E-state index in [2.05, 4.69) is 0 Å². The van der Waals surface area contributed by atoms with E-state index in [1.165, 1.54) is 30.3 Å². The predicted octanol–water partition coefficient (Wildman–Crippen LogP) is 5.32. The van der Waals surface area contributed by atoms with Gasteiger partial charge in [0.1, 0.15) is 11.5 Å². The number of hydrogen-bond donors (Lipinski definition) is 0. The molecule has 0 aromatic heterocycles. The van der Waals surface area contributed by atoms with Gasteiger partial charge in [0.25, 0.3) is 5.69 Å². The van der Waals surface area contributed by atoms with Crippen molar-refractivity contribution in [2.24, 2.45) is 0 Å². The van der Waals surface area contributed by atoms with Crippen LogP contribution in [0, 0.1) is 17.0 Å². The first-order chi connectivity index (χ1) is 15.3. The number of benzene rings is 3. The Labute approximate surface area is 188 Å². The molecule has 1 aliphatic heterocycles. The van der Waals surface area contributed by atoms with Gasteiger partial charge in [0.15, 0.2) is 5.76 Å². The number of ketones is 1. The summed E-state index contributed by atoms with van der Waals surface area (Å²) in [5.74, 6) is -0.0736. The number of hydrogen-bond acceptors (Lipinski definition) is 6. The molecule has 0 spiro atoms. The third-order valence-electron chi connectivity index (χ3n) is 4.92. The normalized spacial score (nSPS) is 13.6. The minimum atomic E-state index is -0.497. The van der Waals surface area contributed by atoms with E-state index in [1.807, 2.05) is 0 Å². The summed E-state index contributed by atoms with van der Waals surface area (Å²) in [6.45, 7) is 1.70. The fourth-order valence-electron chi connectivity index (χ4n) is 3.25. The van der Waals surface area contributed by atoms with Crippen LogP contribution in [0.3, 0.4) is 0 Å². The molecule has 3 aromatic carbocycles. The molecule has 32 heavy (non-hydrogen) atoms. The minimum absolute atomic E-state index is 0.0463. The van der Waals surface area contributed by atoms with Crippen LogP contribution in [0.25, 0.3) is 6.08 Å². The van der Waals surface area contributed by atoms with Gasteiger partial charge in [-0.2, -0.15) is 0 Å². The molecule has 0 aliphatic carbocycles. The monoisotopic (exact) mass is 449 g/mol. The molecule has 0 amide bonds. The van der Waals surface area contributed by atoms with E-state index in [0.29, 0.717) is 33.2 Å². The van der Waals surface area contributed by atoms with Crippen molar-refractivity contribution < 1.29 is 24.0 Å². The third kappa shape index (κ3) is 4.38. The molecule has 3 aromatic rings. The Morgan fingerprint density at radius 2 is 1.78 bits per heavy atom. The van der Waals surface area contributed by atoms with Gasteiger partial charge in [-0.3, -0.25) is 19.7 Å². The van der Waals surface area contributed by atoms with E-state index in [-0.39, 0.29) is 23.7 Å². The average molecular weight is 450 g/mol. The lowest BCUT2D eigenvalue weighted by molar-refractivity contribution is -0.384. The molecule has 0 N–H and O–H groups in total. The molecule has 160 valence electrons. The first-order valence-electron chi connectivity index (χ1n) is 9.59. The number of Topliss-reactive ketones (excluding diaryl/α,β-unsaturated/α-hetero) is 1. The van der Waals surface area contributed by atoms with Crippen molar-refractivity contribution in [2.45, 2.75) is 13.3 Å². The Hall–Kier alpha value is -3.97. The van der Waals surface area contributed by atoms with Gasteiger partial charge in [-0.05, 0) is 60.5 Å². The van der Waals surface area contributed by atoms with E-state index in [4.69, 9.17) is 21.1 Å². The summed E-state index contributed by atoms with van der Waals surface area (Å²) in [6, 6.07) is 15.8. The zero-order valence-corrected chi connectivity index (χ0v) is 17.6. The smallest absolute Gasteiger partial charge is 0.315 e. The number of nitro benzene ring substituents is 1. The molecule has 7 nitrogen and oxygen atoms in total. The molecule has 0 saturated heterocycles. The molecule has 4 rings (SSSR count). The lowest BCUT2D eigenvalue weighted by Crippen LogP contribution is -2.12. The maximum absolute atomic E-state index is 12.7. The molecule has 1 aliphatic rings. The summed E-state index contributed by atoms with van der Waals surface area (Å²) in [6.07, 6.45) is 1.58. The van der Waals surface area contributed by atoms with E-state index in [1.54, 1.807) is 43.3 Å². The highest BCUT2D eigenvalue weighted by atomic mass is 35.5. The van der Waals surface area contributed by atoms with Gasteiger partial charge in [0, 0.05) is 22.7 Å². The van der Waals surface area contributed by atoms with Crippen molar-refractivity contribution in [3.8, 4) is 11.5 Å². The van der Waals surface area contributed by atoms with Crippen molar-refractivity contribution in [2.75, 3.05) is 0 Å². The highest BCUT2D eigenvalue weighted by Crippen LogP contribution is 2.39. The van der Waals surface area contributed by atoms with Crippen molar-refractivity contribution in [3.63, 3.8) is 0 Å². The quantitative estimate of drug-likeness (QED) is 0.172. The number of fused-ring (bicyclic) bond motifs is 1. The Balaban J connectivity index is 1.52. The number of esters is 1. The minimum Gasteiger partial charge on any atom is -0.452 e. The van der Waals surface area contributed by atoms with Gasteiger partial charge >= 0.3 is 5.97 Å². The predicted molar refractivity (Wildman–Crippen MR) is 118 cm³/mol.